The van der Waals surface area contributed by atoms with E-state index >= 15 is 0 Å². The van der Waals surface area contributed by atoms with Crippen LogP contribution in [0.2, 0.25) is 0 Å². The number of esters is 1. The number of anilines is 1. The minimum atomic E-state index is -0.239. The summed E-state index contributed by atoms with van der Waals surface area (Å²) in [6.07, 6.45) is 6.35. The number of hydrogen-bond donors (Lipinski definition) is 1. The van der Waals surface area contributed by atoms with Gasteiger partial charge in [0.25, 0.3) is 0 Å². The van der Waals surface area contributed by atoms with Gasteiger partial charge in [-0.25, -0.2) is 0 Å². The molecular formula is C11H17N3O2S2. The summed E-state index contributed by atoms with van der Waals surface area (Å²) >= 11 is 2.87. The summed E-state index contributed by atoms with van der Waals surface area (Å²) in [5.41, 5.74) is 0. The molecule has 1 aromatic rings. The van der Waals surface area contributed by atoms with Crippen LogP contribution >= 0.6 is 23.1 Å². The molecule has 5 nitrogen and oxygen atoms in total. The van der Waals surface area contributed by atoms with Crippen molar-refractivity contribution in [3.8, 4) is 0 Å². The second kappa shape index (κ2) is 6.94. The third kappa shape index (κ3) is 4.13. The van der Waals surface area contributed by atoms with E-state index in [4.69, 9.17) is 0 Å². The largest absolute Gasteiger partial charge is 0.468 e. The summed E-state index contributed by atoms with van der Waals surface area (Å²) < 4.78 is 5.39. The second-order valence-electron chi connectivity index (χ2n) is 4.22. The van der Waals surface area contributed by atoms with Crippen LogP contribution in [-0.2, 0) is 9.53 Å². The number of nitrogens with zero attached hydrogens (tertiary/aromatic N) is 2. The van der Waals surface area contributed by atoms with Gasteiger partial charge in [-0.2, -0.15) is 0 Å². The lowest BCUT2D eigenvalue weighted by Crippen LogP contribution is -2.21. The van der Waals surface area contributed by atoms with Gasteiger partial charge in [0, 0.05) is 6.04 Å². The van der Waals surface area contributed by atoms with Gasteiger partial charge in [-0.3, -0.25) is 4.79 Å². The average Bonchev–Trinajstić information content (AvgIpc) is 2.85. The highest BCUT2D eigenvalue weighted by atomic mass is 32.2. The van der Waals surface area contributed by atoms with Crippen molar-refractivity contribution in [2.24, 2.45) is 0 Å². The highest BCUT2D eigenvalue weighted by Crippen LogP contribution is 2.28. The van der Waals surface area contributed by atoms with E-state index in [1.54, 1.807) is 0 Å². The van der Waals surface area contributed by atoms with E-state index in [1.165, 1.54) is 62.3 Å². The lowest BCUT2D eigenvalue weighted by atomic mass is 9.96. The van der Waals surface area contributed by atoms with E-state index in [1.807, 2.05) is 0 Å². The SMILES string of the molecule is COC(=O)CSc1nnc(NC2CCCCC2)s1. The van der Waals surface area contributed by atoms with Gasteiger partial charge in [0.15, 0.2) is 4.34 Å². The predicted octanol–water partition coefficient (Wildman–Crippen LogP) is 2.55. The molecule has 0 radical (unpaired) electrons. The zero-order valence-electron chi connectivity index (χ0n) is 10.3. The normalized spacial score (nSPS) is 16.5. The van der Waals surface area contributed by atoms with Crippen molar-refractivity contribution in [3.63, 3.8) is 0 Å². The lowest BCUT2D eigenvalue weighted by Gasteiger charge is -2.21. The summed E-state index contributed by atoms with van der Waals surface area (Å²) in [7, 11) is 1.39. The molecule has 0 amide bonds. The van der Waals surface area contributed by atoms with Crippen LogP contribution in [0.4, 0.5) is 5.13 Å². The first-order chi connectivity index (χ1) is 8.78. The number of rotatable bonds is 5. The van der Waals surface area contributed by atoms with Crippen LogP contribution in [0, 0.1) is 0 Å². The molecule has 1 aliphatic rings. The number of carbonyl (C=O) groups is 1. The van der Waals surface area contributed by atoms with Gasteiger partial charge in [0.2, 0.25) is 5.13 Å². The van der Waals surface area contributed by atoms with Crippen LogP contribution in [0.25, 0.3) is 0 Å². The molecule has 0 spiro atoms. The minimum Gasteiger partial charge on any atom is -0.468 e. The van der Waals surface area contributed by atoms with Crippen molar-refractivity contribution in [3.05, 3.63) is 0 Å². The van der Waals surface area contributed by atoms with E-state index in [2.05, 4.69) is 20.3 Å². The maximum atomic E-state index is 11.0. The fourth-order valence-electron chi connectivity index (χ4n) is 1.93. The van der Waals surface area contributed by atoms with Gasteiger partial charge in [-0.05, 0) is 12.8 Å². The maximum Gasteiger partial charge on any atom is 0.316 e. The molecule has 1 aliphatic carbocycles. The molecule has 1 fully saturated rings. The van der Waals surface area contributed by atoms with Crippen molar-refractivity contribution in [2.75, 3.05) is 18.2 Å². The third-order valence-electron chi connectivity index (χ3n) is 2.88. The Morgan fingerprint density at radius 2 is 2.22 bits per heavy atom. The Morgan fingerprint density at radius 3 is 2.94 bits per heavy atom. The molecule has 1 N–H and O–H groups in total. The zero-order valence-corrected chi connectivity index (χ0v) is 12.0. The second-order valence-corrected chi connectivity index (χ2v) is 6.42. The number of carbonyl (C=O) groups excluding carboxylic acids is 1. The molecule has 0 unspecified atom stereocenters. The molecule has 18 heavy (non-hydrogen) atoms. The molecule has 0 aromatic carbocycles. The molecular weight excluding hydrogens is 270 g/mol. The average molecular weight is 287 g/mol. The number of aromatic nitrogens is 2. The van der Waals surface area contributed by atoms with E-state index < -0.39 is 0 Å². The van der Waals surface area contributed by atoms with Crippen LogP contribution in [0.1, 0.15) is 32.1 Å². The quantitative estimate of drug-likeness (QED) is 0.663. The predicted molar refractivity (Wildman–Crippen MR) is 73.1 cm³/mol. The van der Waals surface area contributed by atoms with Gasteiger partial charge < -0.3 is 10.1 Å². The number of ether oxygens (including phenoxy) is 1. The van der Waals surface area contributed by atoms with Crippen molar-refractivity contribution in [1.29, 1.82) is 0 Å². The summed E-state index contributed by atoms with van der Waals surface area (Å²) in [6, 6.07) is 0.533. The van der Waals surface area contributed by atoms with Gasteiger partial charge in [-0.1, -0.05) is 42.4 Å². The molecule has 0 bridgehead atoms. The molecule has 2 rings (SSSR count). The number of methoxy groups -OCH3 is 1. The Labute approximate surface area is 115 Å². The first kappa shape index (κ1) is 13.6. The van der Waals surface area contributed by atoms with E-state index in [0.29, 0.717) is 6.04 Å². The molecule has 0 saturated heterocycles. The molecule has 7 heteroatoms. The highest BCUT2D eigenvalue weighted by Gasteiger charge is 2.15. The summed E-state index contributed by atoms with van der Waals surface area (Å²) in [6.45, 7) is 0. The molecule has 0 atom stereocenters. The number of nitrogens with one attached hydrogen (secondary N) is 1. The van der Waals surface area contributed by atoms with Crippen LogP contribution in [0.5, 0.6) is 0 Å². The van der Waals surface area contributed by atoms with Crippen LogP contribution < -0.4 is 5.32 Å². The Morgan fingerprint density at radius 1 is 1.44 bits per heavy atom. The molecule has 1 heterocycles. The number of hydrogen-bond acceptors (Lipinski definition) is 7. The topological polar surface area (TPSA) is 64.1 Å². The smallest absolute Gasteiger partial charge is 0.316 e. The molecule has 100 valence electrons. The highest BCUT2D eigenvalue weighted by molar-refractivity contribution is 8.01. The fourth-order valence-corrected chi connectivity index (χ4v) is 3.59. The van der Waals surface area contributed by atoms with Gasteiger partial charge >= 0.3 is 5.97 Å². The van der Waals surface area contributed by atoms with Crippen molar-refractivity contribution >= 4 is 34.2 Å². The van der Waals surface area contributed by atoms with Crippen LogP contribution in [0.15, 0.2) is 4.34 Å². The lowest BCUT2D eigenvalue weighted by molar-refractivity contribution is -0.137. The third-order valence-corrected chi connectivity index (χ3v) is 4.84. The molecule has 0 aliphatic heterocycles. The summed E-state index contributed by atoms with van der Waals surface area (Å²) in [5.74, 6) is 0.0474. The fraction of sp³-hybridized carbons (Fsp3) is 0.727. The minimum absolute atomic E-state index is 0.239. The summed E-state index contributed by atoms with van der Waals surface area (Å²) in [4.78, 5) is 11.0. The first-order valence-electron chi connectivity index (χ1n) is 6.07. The van der Waals surface area contributed by atoms with Crippen molar-refractivity contribution in [2.45, 2.75) is 42.5 Å². The Bertz CT molecular complexity index is 391. The van der Waals surface area contributed by atoms with E-state index in [0.717, 1.165) is 9.47 Å². The van der Waals surface area contributed by atoms with E-state index in [-0.39, 0.29) is 11.7 Å². The first-order valence-corrected chi connectivity index (χ1v) is 7.88. The van der Waals surface area contributed by atoms with Gasteiger partial charge in [0.1, 0.15) is 0 Å². The Kier molecular flexibility index (Phi) is 5.25. The van der Waals surface area contributed by atoms with E-state index in [9.17, 15) is 4.79 Å². The molecule has 1 saturated carbocycles. The standard InChI is InChI=1S/C11H17N3O2S2/c1-16-9(15)7-17-11-14-13-10(18-11)12-8-5-3-2-4-6-8/h8H,2-7H2,1H3,(H,12,13). The van der Waals surface area contributed by atoms with Crippen molar-refractivity contribution in [1.82, 2.24) is 10.2 Å². The number of thioether (sulfide) groups is 1. The zero-order chi connectivity index (χ0) is 12.8. The Balaban J connectivity index is 1.80. The van der Waals surface area contributed by atoms with Crippen LogP contribution in [-0.4, -0.2) is 35.1 Å². The summed E-state index contributed by atoms with van der Waals surface area (Å²) in [5, 5.41) is 12.4. The van der Waals surface area contributed by atoms with Gasteiger partial charge in [-0.15, -0.1) is 10.2 Å². The van der Waals surface area contributed by atoms with Gasteiger partial charge in [0.05, 0.1) is 12.9 Å². The molecule has 1 aromatic heterocycles. The maximum absolute atomic E-state index is 11.0. The monoisotopic (exact) mass is 287 g/mol. The van der Waals surface area contributed by atoms with Crippen LogP contribution in [0.3, 0.4) is 0 Å². The van der Waals surface area contributed by atoms with Crippen molar-refractivity contribution < 1.29 is 9.53 Å². The Hall–Kier alpha value is -0.820.